The number of halogens is 1. The van der Waals surface area contributed by atoms with Crippen LogP contribution in [-0.4, -0.2) is 9.97 Å². The number of nitrogens with zero attached hydrogens (tertiary/aromatic N) is 2. The van der Waals surface area contributed by atoms with Crippen LogP contribution in [0.15, 0.2) is 42.5 Å². The van der Waals surface area contributed by atoms with Gasteiger partial charge in [0.15, 0.2) is 0 Å². The highest BCUT2D eigenvalue weighted by Gasteiger charge is 2.09. The van der Waals surface area contributed by atoms with Crippen LogP contribution >= 0.6 is 0 Å². The lowest BCUT2D eigenvalue weighted by Gasteiger charge is -2.09. The Kier molecular flexibility index (Phi) is 2.95. The molecular formula is C15H12FN3O. The molecule has 0 aliphatic rings. The maximum atomic E-state index is 13.5. The highest BCUT2D eigenvalue weighted by molar-refractivity contribution is 5.84. The number of anilines is 1. The first-order valence-corrected chi connectivity index (χ1v) is 6.10. The van der Waals surface area contributed by atoms with Crippen LogP contribution in [0.5, 0.6) is 11.6 Å². The lowest BCUT2D eigenvalue weighted by atomic mass is 10.2. The Morgan fingerprint density at radius 3 is 2.70 bits per heavy atom. The average molecular weight is 269 g/mol. The summed E-state index contributed by atoms with van der Waals surface area (Å²) in [4.78, 5) is 8.19. The monoisotopic (exact) mass is 269 g/mol. The summed E-state index contributed by atoms with van der Waals surface area (Å²) >= 11 is 0. The van der Waals surface area contributed by atoms with Gasteiger partial charge in [0.25, 0.3) is 0 Å². The van der Waals surface area contributed by atoms with E-state index in [1.807, 2.05) is 24.3 Å². The number of benzene rings is 2. The zero-order valence-electron chi connectivity index (χ0n) is 10.8. The Morgan fingerprint density at radius 1 is 1.10 bits per heavy atom. The number of rotatable bonds is 2. The van der Waals surface area contributed by atoms with Crippen molar-refractivity contribution in [3.63, 3.8) is 0 Å². The number of nitrogen functional groups attached to an aromatic ring is 1. The number of hydrogen-bond acceptors (Lipinski definition) is 4. The summed E-state index contributed by atoms with van der Waals surface area (Å²) in [5, 5.41) is 0.725. The van der Waals surface area contributed by atoms with Crippen molar-refractivity contribution in [1.29, 1.82) is 0 Å². The summed E-state index contributed by atoms with van der Waals surface area (Å²) in [6.07, 6.45) is 0. The van der Waals surface area contributed by atoms with Crippen LogP contribution in [0.1, 0.15) is 5.56 Å². The molecule has 0 saturated heterocycles. The van der Waals surface area contributed by atoms with Crippen LogP contribution in [0.25, 0.3) is 10.9 Å². The second-order valence-electron chi connectivity index (χ2n) is 4.42. The van der Waals surface area contributed by atoms with E-state index in [-0.39, 0.29) is 11.8 Å². The fourth-order valence-corrected chi connectivity index (χ4v) is 1.89. The Morgan fingerprint density at radius 2 is 1.90 bits per heavy atom. The molecule has 0 saturated carbocycles. The Hall–Kier alpha value is -2.69. The van der Waals surface area contributed by atoms with Crippen molar-refractivity contribution in [2.24, 2.45) is 0 Å². The predicted molar refractivity (Wildman–Crippen MR) is 75.2 cm³/mol. The minimum atomic E-state index is -0.325. The molecule has 5 heteroatoms. The minimum absolute atomic E-state index is 0.117. The van der Waals surface area contributed by atoms with E-state index in [0.29, 0.717) is 22.7 Å². The van der Waals surface area contributed by atoms with Crippen molar-refractivity contribution in [3.05, 3.63) is 53.8 Å². The number of ether oxygens (including phenoxy) is 1. The van der Waals surface area contributed by atoms with Crippen LogP contribution in [0.3, 0.4) is 0 Å². The number of aromatic nitrogens is 2. The van der Waals surface area contributed by atoms with Crippen LogP contribution in [-0.2, 0) is 0 Å². The molecule has 2 aromatic carbocycles. The van der Waals surface area contributed by atoms with Gasteiger partial charge in [0.2, 0.25) is 11.8 Å². The average Bonchev–Trinajstić information content (AvgIpc) is 2.43. The highest BCUT2D eigenvalue weighted by atomic mass is 19.1. The quantitative estimate of drug-likeness (QED) is 0.774. The highest BCUT2D eigenvalue weighted by Crippen LogP contribution is 2.28. The lowest BCUT2D eigenvalue weighted by molar-refractivity contribution is 0.463. The van der Waals surface area contributed by atoms with Gasteiger partial charge in [-0.15, -0.1) is 0 Å². The van der Waals surface area contributed by atoms with Gasteiger partial charge >= 0.3 is 0 Å². The second-order valence-corrected chi connectivity index (χ2v) is 4.42. The smallest absolute Gasteiger partial charge is 0.231 e. The van der Waals surface area contributed by atoms with Crippen molar-refractivity contribution in [2.75, 3.05) is 5.73 Å². The molecule has 0 unspecified atom stereocenters. The molecule has 0 fully saturated rings. The fraction of sp³-hybridized carbons (Fsp3) is 0.0667. The molecule has 3 rings (SSSR count). The second kappa shape index (κ2) is 4.77. The summed E-state index contributed by atoms with van der Waals surface area (Å²) in [5.41, 5.74) is 6.90. The van der Waals surface area contributed by atoms with Gasteiger partial charge in [-0.05, 0) is 30.7 Å². The summed E-state index contributed by atoms with van der Waals surface area (Å²) in [6.45, 7) is 1.69. The molecule has 0 amide bonds. The fourth-order valence-electron chi connectivity index (χ4n) is 1.89. The van der Waals surface area contributed by atoms with Gasteiger partial charge in [0.05, 0.1) is 10.9 Å². The summed E-state index contributed by atoms with van der Waals surface area (Å²) < 4.78 is 19.2. The Labute approximate surface area is 115 Å². The van der Waals surface area contributed by atoms with Gasteiger partial charge < -0.3 is 10.5 Å². The topological polar surface area (TPSA) is 61.0 Å². The molecule has 20 heavy (non-hydrogen) atoms. The number of nitrogens with two attached hydrogens (primary N) is 1. The van der Waals surface area contributed by atoms with E-state index < -0.39 is 0 Å². The zero-order valence-corrected chi connectivity index (χ0v) is 10.8. The third-order valence-corrected chi connectivity index (χ3v) is 2.94. The number of aryl methyl sites for hydroxylation is 1. The molecule has 1 aromatic heterocycles. The molecule has 0 bridgehead atoms. The standard InChI is InChI=1S/C15H12FN3O/c1-9-6-7-10(8-12(9)16)20-14-11-4-2-3-5-13(11)18-15(17)19-14/h2-8H,1H3,(H2,17,18,19). The first-order valence-electron chi connectivity index (χ1n) is 6.10. The van der Waals surface area contributed by atoms with E-state index in [1.54, 1.807) is 19.1 Å². The molecule has 100 valence electrons. The number of para-hydroxylation sites is 1. The molecular weight excluding hydrogens is 257 g/mol. The normalized spacial score (nSPS) is 10.7. The third kappa shape index (κ3) is 2.25. The van der Waals surface area contributed by atoms with E-state index in [4.69, 9.17) is 10.5 Å². The van der Waals surface area contributed by atoms with Gasteiger partial charge in [0, 0.05) is 6.07 Å². The Balaban J connectivity index is 2.07. The van der Waals surface area contributed by atoms with Crippen LogP contribution in [0, 0.1) is 12.7 Å². The molecule has 0 atom stereocenters. The van der Waals surface area contributed by atoms with Crippen LogP contribution < -0.4 is 10.5 Å². The van der Waals surface area contributed by atoms with Crippen molar-refractivity contribution >= 4 is 16.9 Å². The summed E-state index contributed by atoms with van der Waals surface area (Å²) in [7, 11) is 0. The van der Waals surface area contributed by atoms with E-state index in [2.05, 4.69) is 9.97 Å². The molecule has 2 N–H and O–H groups in total. The van der Waals surface area contributed by atoms with Gasteiger partial charge in [0.1, 0.15) is 11.6 Å². The molecule has 4 nitrogen and oxygen atoms in total. The Bertz CT molecular complexity index is 789. The van der Waals surface area contributed by atoms with Crippen molar-refractivity contribution in [2.45, 2.75) is 6.92 Å². The maximum Gasteiger partial charge on any atom is 0.231 e. The first-order chi connectivity index (χ1) is 9.63. The van der Waals surface area contributed by atoms with Gasteiger partial charge in [-0.2, -0.15) is 4.98 Å². The zero-order chi connectivity index (χ0) is 14.1. The summed E-state index contributed by atoms with van der Waals surface area (Å²) in [5.74, 6) is 0.479. The SMILES string of the molecule is Cc1ccc(Oc2nc(N)nc3ccccc23)cc1F. The van der Waals surface area contributed by atoms with Gasteiger partial charge in [-0.1, -0.05) is 18.2 Å². The molecule has 3 aromatic rings. The van der Waals surface area contributed by atoms with Gasteiger partial charge in [-0.3, -0.25) is 0 Å². The number of hydrogen-bond donors (Lipinski definition) is 1. The third-order valence-electron chi connectivity index (χ3n) is 2.94. The molecule has 1 heterocycles. The van der Waals surface area contributed by atoms with E-state index >= 15 is 0 Å². The summed E-state index contributed by atoms with van der Waals surface area (Å²) in [6, 6.07) is 12.0. The minimum Gasteiger partial charge on any atom is -0.438 e. The van der Waals surface area contributed by atoms with Crippen LogP contribution in [0.4, 0.5) is 10.3 Å². The first kappa shape index (κ1) is 12.3. The molecule has 0 radical (unpaired) electrons. The van der Waals surface area contributed by atoms with Crippen LogP contribution in [0.2, 0.25) is 0 Å². The lowest BCUT2D eigenvalue weighted by Crippen LogP contribution is -1.98. The van der Waals surface area contributed by atoms with Crippen molar-refractivity contribution in [1.82, 2.24) is 9.97 Å². The largest absolute Gasteiger partial charge is 0.438 e. The predicted octanol–water partition coefficient (Wildman–Crippen LogP) is 3.45. The van der Waals surface area contributed by atoms with Crippen molar-refractivity contribution < 1.29 is 9.13 Å². The van der Waals surface area contributed by atoms with E-state index in [9.17, 15) is 4.39 Å². The maximum absolute atomic E-state index is 13.5. The van der Waals surface area contributed by atoms with Gasteiger partial charge in [-0.25, -0.2) is 9.37 Å². The molecule has 0 aliphatic carbocycles. The van der Waals surface area contributed by atoms with Crippen molar-refractivity contribution in [3.8, 4) is 11.6 Å². The van der Waals surface area contributed by atoms with E-state index in [0.717, 1.165) is 5.39 Å². The van der Waals surface area contributed by atoms with E-state index in [1.165, 1.54) is 6.07 Å². The number of fused-ring (bicyclic) bond motifs is 1. The molecule has 0 spiro atoms. The molecule has 0 aliphatic heterocycles.